The van der Waals surface area contributed by atoms with Crippen molar-refractivity contribution < 1.29 is 4.79 Å². The molecule has 0 bridgehead atoms. The molecule has 1 aromatic rings. The van der Waals surface area contributed by atoms with Gasteiger partial charge in [-0.2, -0.15) is 5.10 Å². The average Bonchev–Trinajstić information content (AvgIpc) is 2.79. The highest BCUT2D eigenvalue weighted by Crippen LogP contribution is 2.14. The number of aryl methyl sites for hydroxylation is 1. The lowest BCUT2D eigenvalue weighted by atomic mass is 10.2. The zero-order chi connectivity index (χ0) is 14.0. The van der Waals surface area contributed by atoms with Gasteiger partial charge in [-0.15, -0.1) is 0 Å². The molecule has 1 aromatic heterocycles. The van der Waals surface area contributed by atoms with Gasteiger partial charge >= 0.3 is 0 Å². The molecule has 1 aliphatic rings. The monoisotopic (exact) mass is 265 g/mol. The predicted octanol–water partition coefficient (Wildman–Crippen LogP) is 0.651. The molecular formula is C13H23N5O. The number of rotatable bonds is 3. The summed E-state index contributed by atoms with van der Waals surface area (Å²) in [7, 11) is 0. The molecule has 0 spiro atoms. The van der Waals surface area contributed by atoms with Crippen LogP contribution in [0.2, 0.25) is 0 Å². The Balaban J connectivity index is 2.03. The van der Waals surface area contributed by atoms with E-state index in [4.69, 9.17) is 5.73 Å². The molecule has 0 saturated carbocycles. The molecule has 0 atom stereocenters. The predicted molar refractivity (Wildman–Crippen MR) is 74.9 cm³/mol. The number of anilines is 1. The Morgan fingerprint density at radius 3 is 2.47 bits per heavy atom. The van der Waals surface area contributed by atoms with Crippen molar-refractivity contribution in [2.45, 2.75) is 33.4 Å². The van der Waals surface area contributed by atoms with Crippen molar-refractivity contribution in [3.05, 3.63) is 11.9 Å². The van der Waals surface area contributed by atoms with E-state index in [9.17, 15) is 4.79 Å². The van der Waals surface area contributed by atoms with Crippen molar-refractivity contribution in [3.63, 3.8) is 0 Å². The highest BCUT2D eigenvalue weighted by Gasteiger charge is 2.26. The molecule has 2 rings (SSSR count). The second kappa shape index (κ2) is 5.61. The maximum Gasteiger partial charge on any atom is 0.276 e. The minimum absolute atomic E-state index is 0.0480. The third-order valence-electron chi connectivity index (χ3n) is 3.65. The average molecular weight is 265 g/mol. The number of piperazine rings is 1. The Hall–Kier alpha value is -1.56. The van der Waals surface area contributed by atoms with Gasteiger partial charge in [0.2, 0.25) is 0 Å². The number of nitrogens with two attached hydrogens (primary N) is 1. The molecule has 0 aromatic carbocycles. The minimum atomic E-state index is -0.0480. The van der Waals surface area contributed by atoms with Gasteiger partial charge in [-0.1, -0.05) is 0 Å². The van der Waals surface area contributed by atoms with Crippen molar-refractivity contribution in [2.24, 2.45) is 0 Å². The molecule has 0 radical (unpaired) electrons. The molecule has 1 saturated heterocycles. The van der Waals surface area contributed by atoms with Crippen LogP contribution in [-0.4, -0.2) is 57.7 Å². The van der Waals surface area contributed by atoms with Gasteiger partial charge < -0.3 is 10.6 Å². The van der Waals surface area contributed by atoms with Crippen LogP contribution in [0.25, 0.3) is 0 Å². The topological polar surface area (TPSA) is 67.4 Å². The third-order valence-corrected chi connectivity index (χ3v) is 3.65. The van der Waals surface area contributed by atoms with Crippen molar-refractivity contribution in [2.75, 3.05) is 31.9 Å². The first-order valence-corrected chi connectivity index (χ1v) is 6.89. The maximum absolute atomic E-state index is 12.4. The number of nitrogen functional groups attached to an aromatic ring is 1. The summed E-state index contributed by atoms with van der Waals surface area (Å²) >= 11 is 0. The van der Waals surface area contributed by atoms with Gasteiger partial charge in [0.1, 0.15) is 0 Å². The lowest BCUT2D eigenvalue weighted by molar-refractivity contribution is 0.0590. The smallest absolute Gasteiger partial charge is 0.276 e. The fraction of sp³-hybridized carbons (Fsp3) is 0.692. The number of carbonyl (C=O) groups excluding carboxylic acids is 1. The summed E-state index contributed by atoms with van der Waals surface area (Å²) in [6.45, 7) is 10.4. The molecule has 2 N–H and O–H groups in total. The van der Waals surface area contributed by atoms with Crippen LogP contribution in [0.3, 0.4) is 0 Å². The van der Waals surface area contributed by atoms with Crippen LogP contribution in [0.1, 0.15) is 31.3 Å². The Morgan fingerprint density at radius 1 is 1.37 bits per heavy atom. The molecule has 106 valence electrons. The van der Waals surface area contributed by atoms with Crippen LogP contribution >= 0.6 is 0 Å². The molecule has 19 heavy (non-hydrogen) atoms. The normalized spacial score (nSPS) is 17.2. The zero-order valence-corrected chi connectivity index (χ0v) is 12.0. The van der Waals surface area contributed by atoms with E-state index in [0.717, 1.165) is 32.7 Å². The Kier molecular flexibility index (Phi) is 4.09. The molecule has 6 heteroatoms. The number of nitrogens with zero attached hydrogens (tertiary/aromatic N) is 4. The van der Waals surface area contributed by atoms with E-state index in [-0.39, 0.29) is 5.91 Å². The number of carbonyl (C=O) groups is 1. The number of hydrogen-bond acceptors (Lipinski definition) is 4. The van der Waals surface area contributed by atoms with E-state index in [0.29, 0.717) is 17.4 Å². The highest BCUT2D eigenvalue weighted by molar-refractivity contribution is 5.97. The summed E-state index contributed by atoms with van der Waals surface area (Å²) < 4.78 is 1.70. The fourth-order valence-electron chi connectivity index (χ4n) is 2.36. The van der Waals surface area contributed by atoms with Crippen molar-refractivity contribution in [1.82, 2.24) is 19.6 Å². The largest absolute Gasteiger partial charge is 0.396 e. The van der Waals surface area contributed by atoms with Gasteiger partial charge in [0.05, 0.1) is 5.69 Å². The van der Waals surface area contributed by atoms with Gasteiger partial charge in [-0.3, -0.25) is 14.4 Å². The Labute approximate surface area is 114 Å². The summed E-state index contributed by atoms with van der Waals surface area (Å²) in [6.07, 6.45) is 1.72. The first kappa shape index (κ1) is 13.9. The standard InChI is InChI=1S/C13H23N5O/c1-4-18-9-11(14)12(15-18)13(19)17-7-5-16(6-8-17)10(2)3/h9-10H,4-8,14H2,1-3H3. The molecule has 2 heterocycles. The number of amides is 1. The molecule has 6 nitrogen and oxygen atoms in total. The molecular weight excluding hydrogens is 242 g/mol. The van der Waals surface area contributed by atoms with E-state index in [1.807, 2.05) is 11.8 Å². The van der Waals surface area contributed by atoms with Gasteiger partial charge in [-0.05, 0) is 20.8 Å². The van der Waals surface area contributed by atoms with E-state index >= 15 is 0 Å². The summed E-state index contributed by atoms with van der Waals surface area (Å²) in [5, 5.41) is 4.24. The fourth-order valence-corrected chi connectivity index (χ4v) is 2.36. The van der Waals surface area contributed by atoms with E-state index in [2.05, 4.69) is 23.8 Å². The van der Waals surface area contributed by atoms with Crippen molar-refractivity contribution >= 4 is 11.6 Å². The van der Waals surface area contributed by atoms with Crippen molar-refractivity contribution in [1.29, 1.82) is 0 Å². The molecule has 1 aliphatic heterocycles. The lowest BCUT2D eigenvalue weighted by Crippen LogP contribution is -2.50. The molecule has 0 aliphatic carbocycles. The van der Waals surface area contributed by atoms with Crippen LogP contribution in [0.5, 0.6) is 0 Å². The Morgan fingerprint density at radius 2 is 2.00 bits per heavy atom. The Bertz CT molecular complexity index is 446. The second-order valence-electron chi connectivity index (χ2n) is 5.21. The van der Waals surface area contributed by atoms with E-state index < -0.39 is 0 Å². The van der Waals surface area contributed by atoms with Crippen molar-refractivity contribution in [3.8, 4) is 0 Å². The van der Waals surface area contributed by atoms with Crippen LogP contribution in [0.15, 0.2) is 6.20 Å². The maximum atomic E-state index is 12.4. The van der Waals surface area contributed by atoms with Gasteiger partial charge in [0.15, 0.2) is 5.69 Å². The number of aromatic nitrogens is 2. The van der Waals surface area contributed by atoms with Gasteiger partial charge in [0, 0.05) is 45.0 Å². The highest BCUT2D eigenvalue weighted by atomic mass is 16.2. The quantitative estimate of drug-likeness (QED) is 0.871. The molecule has 1 fully saturated rings. The summed E-state index contributed by atoms with van der Waals surface area (Å²) in [5.74, 6) is -0.0480. The van der Waals surface area contributed by atoms with Crippen LogP contribution in [0.4, 0.5) is 5.69 Å². The zero-order valence-electron chi connectivity index (χ0n) is 12.0. The molecule has 0 unspecified atom stereocenters. The van der Waals surface area contributed by atoms with Crippen LogP contribution in [-0.2, 0) is 6.54 Å². The summed E-state index contributed by atoms with van der Waals surface area (Å²) in [4.78, 5) is 16.6. The SMILES string of the molecule is CCn1cc(N)c(C(=O)N2CCN(C(C)C)CC2)n1. The summed E-state index contributed by atoms with van der Waals surface area (Å²) in [6, 6.07) is 0.529. The minimum Gasteiger partial charge on any atom is -0.396 e. The second-order valence-corrected chi connectivity index (χ2v) is 5.21. The third kappa shape index (κ3) is 2.89. The van der Waals surface area contributed by atoms with Crippen LogP contribution < -0.4 is 5.73 Å². The van der Waals surface area contributed by atoms with Gasteiger partial charge in [-0.25, -0.2) is 0 Å². The number of hydrogen-bond donors (Lipinski definition) is 1. The lowest BCUT2D eigenvalue weighted by Gasteiger charge is -2.36. The van der Waals surface area contributed by atoms with Crippen LogP contribution in [0, 0.1) is 0 Å². The summed E-state index contributed by atoms with van der Waals surface area (Å²) in [5.41, 5.74) is 6.72. The first-order chi connectivity index (χ1) is 9.02. The van der Waals surface area contributed by atoms with Gasteiger partial charge in [0.25, 0.3) is 5.91 Å². The first-order valence-electron chi connectivity index (χ1n) is 6.89. The molecule has 1 amide bonds. The van der Waals surface area contributed by atoms with E-state index in [1.165, 1.54) is 0 Å². The van der Waals surface area contributed by atoms with E-state index in [1.54, 1.807) is 10.9 Å².